The van der Waals surface area contributed by atoms with Crippen molar-refractivity contribution in [2.45, 2.75) is 12.7 Å². The lowest BCUT2D eigenvalue weighted by atomic mass is 10.1. The number of pyridine rings is 1. The number of hydrogen-bond donors (Lipinski definition) is 2. The lowest BCUT2D eigenvalue weighted by molar-refractivity contribution is -0.136. The quantitative estimate of drug-likeness (QED) is 0.496. The van der Waals surface area contributed by atoms with Crippen molar-refractivity contribution in [2.75, 3.05) is 11.5 Å². The van der Waals surface area contributed by atoms with Crippen LogP contribution in [0.4, 0.5) is 24.8 Å². The summed E-state index contributed by atoms with van der Waals surface area (Å²) >= 11 is 0. The van der Waals surface area contributed by atoms with Crippen LogP contribution in [0.1, 0.15) is 16.7 Å². The fourth-order valence-corrected chi connectivity index (χ4v) is 3.05. The van der Waals surface area contributed by atoms with Gasteiger partial charge in [0.2, 0.25) is 5.95 Å². The Morgan fingerprint density at radius 2 is 1.90 bits per heavy atom. The maximum Gasteiger partial charge on any atom is 0.418 e. The number of aromatic nitrogens is 5. The molecule has 0 unspecified atom stereocenters. The van der Waals surface area contributed by atoms with Gasteiger partial charge in [-0.2, -0.15) is 23.4 Å². The number of halogens is 3. The third-order valence-corrected chi connectivity index (χ3v) is 4.40. The van der Waals surface area contributed by atoms with E-state index in [1.165, 1.54) is 30.9 Å². The zero-order valence-electron chi connectivity index (χ0n) is 15.2. The van der Waals surface area contributed by atoms with E-state index in [2.05, 4.69) is 19.9 Å². The highest BCUT2D eigenvalue weighted by molar-refractivity contribution is 5.88. The highest BCUT2D eigenvalue weighted by atomic mass is 19.4. The van der Waals surface area contributed by atoms with Gasteiger partial charge >= 0.3 is 6.18 Å². The standard InChI is InChI=1S/C19H13F3N8/c20-19(21,22)13-4-10(1-2-14(13)24)8-30-9-27-16-15(28-18(25)29-17(16)30)12-3-11(5-23)6-26-7-12/h1-4,6-7,9H,8,24H2,(H2,25,28,29). The third kappa shape index (κ3) is 3.46. The summed E-state index contributed by atoms with van der Waals surface area (Å²) in [5.74, 6) is -0.0464. The average molecular weight is 410 g/mol. The first kappa shape index (κ1) is 19.1. The van der Waals surface area contributed by atoms with Gasteiger partial charge in [0.15, 0.2) is 5.65 Å². The van der Waals surface area contributed by atoms with Crippen LogP contribution in [0.3, 0.4) is 0 Å². The molecule has 4 rings (SSSR count). The number of hydrogen-bond acceptors (Lipinski definition) is 7. The first-order valence-corrected chi connectivity index (χ1v) is 8.55. The average Bonchev–Trinajstić information content (AvgIpc) is 3.10. The number of fused-ring (bicyclic) bond motifs is 1. The highest BCUT2D eigenvalue weighted by Crippen LogP contribution is 2.34. The van der Waals surface area contributed by atoms with Crippen molar-refractivity contribution in [1.82, 2.24) is 24.5 Å². The highest BCUT2D eigenvalue weighted by Gasteiger charge is 2.33. The first-order chi connectivity index (χ1) is 14.3. The maximum absolute atomic E-state index is 13.2. The van der Waals surface area contributed by atoms with Crippen LogP contribution >= 0.6 is 0 Å². The van der Waals surface area contributed by atoms with Gasteiger partial charge in [-0.05, 0) is 23.8 Å². The summed E-state index contributed by atoms with van der Waals surface area (Å²) in [4.78, 5) is 16.7. The topological polar surface area (TPSA) is 132 Å². The number of alkyl halides is 3. The number of nitriles is 1. The van der Waals surface area contributed by atoms with Crippen LogP contribution in [0.15, 0.2) is 43.0 Å². The SMILES string of the molecule is N#Cc1cncc(-c2nc(N)nc3c2ncn3Cc2ccc(N)c(C(F)(F)F)c2)c1. The van der Waals surface area contributed by atoms with Gasteiger partial charge < -0.3 is 16.0 Å². The molecule has 11 heteroatoms. The molecule has 4 aromatic rings. The molecule has 150 valence electrons. The van der Waals surface area contributed by atoms with E-state index in [-0.39, 0.29) is 18.2 Å². The number of nitrogens with two attached hydrogens (primary N) is 2. The van der Waals surface area contributed by atoms with Gasteiger partial charge in [0, 0.05) is 23.6 Å². The number of rotatable bonds is 3. The summed E-state index contributed by atoms with van der Waals surface area (Å²) in [6, 6.07) is 7.29. The predicted molar refractivity (Wildman–Crippen MR) is 103 cm³/mol. The largest absolute Gasteiger partial charge is 0.418 e. The Morgan fingerprint density at radius 3 is 2.63 bits per heavy atom. The monoisotopic (exact) mass is 410 g/mol. The summed E-state index contributed by atoms with van der Waals surface area (Å²) in [5, 5.41) is 9.09. The summed E-state index contributed by atoms with van der Waals surface area (Å²) in [6.45, 7) is 0.0617. The summed E-state index contributed by atoms with van der Waals surface area (Å²) in [6.07, 6.45) is -0.205. The van der Waals surface area contributed by atoms with Crippen LogP contribution < -0.4 is 11.5 Å². The van der Waals surface area contributed by atoms with Gasteiger partial charge in [0.25, 0.3) is 0 Å². The molecule has 3 aromatic heterocycles. The van der Waals surface area contributed by atoms with Crippen molar-refractivity contribution in [3.8, 4) is 17.3 Å². The number of nitrogens with zero attached hydrogens (tertiary/aromatic N) is 6. The van der Waals surface area contributed by atoms with Gasteiger partial charge in [-0.3, -0.25) is 4.98 Å². The number of anilines is 2. The van der Waals surface area contributed by atoms with Crippen molar-refractivity contribution in [3.63, 3.8) is 0 Å². The molecule has 0 bridgehead atoms. The van der Waals surface area contributed by atoms with E-state index in [0.717, 1.165) is 6.07 Å². The molecule has 8 nitrogen and oxygen atoms in total. The fourth-order valence-electron chi connectivity index (χ4n) is 3.05. The number of imidazole rings is 1. The van der Waals surface area contributed by atoms with E-state index in [4.69, 9.17) is 16.7 Å². The summed E-state index contributed by atoms with van der Waals surface area (Å²) in [7, 11) is 0. The van der Waals surface area contributed by atoms with Crippen LogP contribution in [-0.4, -0.2) is 24.5 Å². The molecular weight excluding hydrogens is 397 g/mol. The van der Waals surface area contributed by atoms with Crippen LogP contribution in [0.5, 0.6) is 0 Å². The Hall–Kier alpha value is -4.20. The molecule has 0 aliphatic heterocycles. The Kier molecular flexibility index (Phi) is 4.46. The second-order valence-electron chi connectivity index (χ2n) is 6.47. The minimum atomic E-state index is -4.56. The molecule has 0 atom stereocenters. The van der Waals surface area contributed by atoms with E-state index >= 15 is 0 Å². The minimum absolute atomic E-state index is 0.0464. The molecule has 0 saturated carbocycles. The zero-order valence-corrected chi connectivity index (χ0v) is 15.2. The van der Waals surface area contributed by atoms with Crippen LogP contribution in [-0.2, 0) is 12.7 Å². The number of benzene rings is 1. The second kappa shape index (κ2) is 7.00. The first-order valence-electron chi connectivity index (χ1n) is 8.55. The van der Waals surface area contributed by atoms with Crippen molar-refractivity contribution >= 4 is 22.8 Å². The smallest absolute Gasteiger partial charge is 0.398 e. The van der Waals surface area contributed by atoms with E-state index in [1.54, 1.807) is 10.6 Å². The minimum Gasteiger partial charge on any atom is -0.398 e. The lowest BCUT2D eigenvalue weighted by Gasteiger charge is -2.12. The molecule has 30 heavy (non-hydrogen) atoms. The summed E-state index contributed by atoms with van der Waals surface area (Å²) in [5.41, 5.74) is 12.4. The molecule has 3 heterocycles. The molecule has 0 amide bonds. The summed E-state index contributed by atoms with van der Waals surface area (Å²) < 4.78 is 41.0. The number of nitrogen functional groups attached to an aromatic ring is 2. The van der Waals surface area contributed by atoms with E-state index in [9.17, 15) is 13.2 Å². The van der Waals surface area contributed by atoms with Crippen molar-refractivity contribution in [3.05, 3.63) is 59.7 Å². The Bertz CT molecular complexity index is 1300. The molecule has 0 fully saturated rings. The maximum atomic E-state index is 13.2. The van der Waals surface area contributed by atoms with Crippen LogP contribution in [0, 0.1) is 11.3 Å². The van der Waals surface area contributed by atoms with Crippen molar-refractivity contribution < 1.29 is 13.2 Å². The molecule has 0 saturated heterocycles. The van der Waals surface area contributed by atoms with Gasteiger partial charge in [0.05, 0.1) is 24.0 Å². The normalized spacial score (nSPS) is 11.5. The van der Waals surface area contributed by atoms with Crippen molar-refractivity contribution in [1.29, 1.82) is 5.26 Å². The van der Waals surface area contributed by atoms with E-state index in [0.29, 0.717) is 33.5 Å². The van der Waals surface area contributed by atoms with Gasteiger partial charge in [-0.15, -0.1) is 0 Å². The second-order valence-corrected chi connectivity index (χ2v) is 6.47. The molecule has 0 aliphatic rings. The third-order valence-electron chi connectivity index (χ3n) is 4.40. The van der Waals surface area contributed by atoms with Crippen LogP contribution in [0.2, 0.25) is 0 Å². The fraction of sp³-hybridized carbons (Fsp3) is 0.105. The molecule has 0 spiro atoms. The Morgan fingerprint density at radius 1 is 1.10 bits per heavy atom. The molecule has 4 N–H and O–H groups in total. The molecule has 0 aliphatic carbocycles. The van der Waals surface area contributed by atoms with Crippen LogP contribution in [0.25, 0.3) is 22.4 Å². The molecular formula is C19H13F3N8. The van der Waals surface area contributed by atoms with Gasteiger partial charge in [0.1, 0.15) is 17.3 Å². The molecule has 1 aromatic carbocycles. The lowest BCUT2D eigenvalue weighted by Crippen LogP contribution is -2.10. The van der Waals surface area contributed by atoms with Gasteiger partial charge in [-0.25, -0.2) is 9.97 Å². The zero-order chi connectivity index (χ0) is 21.5. The van der Waals surface area contributed by atoms with Crippen molar-refractivity contribution in [2.24, 2.45) is 0 Å². The Balaban J connectivity index is 1.80. The van der Waals surface area contributed by atoms with E-state index < -0.39 is 11.7 Å². The van der Waals surface area contributed by atoms with Gasteiger partial charge in [-0.1, -0.05) is 6.07 Å². The van der Waals surface area contributed by atoms with E-state index in [1.807, 2.05) is 6.07 Å². The predicted octanol–water partition coefficient (Wildman–Crippen LogP) is 2.99. The molecule has 0 radical (unpaired) electrons. The Labute approximate surface area is 167 Å².